The van der Waals surface area contributed by atoms with Crippen molar-refractivity contribution < 1.29 is 23.4 Å². The molecule has 1 aromatic heterocycles. The smallest absolute Gasteiger partial charge is 0.339 e. The van der Waals surface area contributed by atoms with Gasteiger partial charge in [0.05, 0.1) is 19.8 Å². The van der Waals surface area contributed by atoms with Crippen LogP contribution in [0.3, 0.4) is 0 Å². The van der Waals surface area contributed by atoms with Crippen LogP contribution in [-0.4, -0.2) is 25.2 Å². The minimum atomic E-state index is -0.581. The van der Waals surface area contributed by atoms with Gasteiger partial charge in [0.15, 0.2) is 11.5 Å². The minimum Gasteiger partial charge on any atom is -0.493 e. The average Bonchev–Trinajstić information content (AvgIpc) is 3.00. The summed E-state index contributed by atoms with van der Waals surface area (Å²) < 4.78 is 29.2. The number of carbonyl (C=O) groups excluding carboxylic acids is 1. The fraction of sp³-hybridized carbons (Fsp3) is 0.158. The lowest BCUT2D eigenvalue weighted by atomic mass is 9.91. The van der Waals surface area contributed by atoms with Crippen molar-refractivity contribution >= 4 is 16.7 Å². The van der Waals surface area contributed by atoms with Crippen LogP contribution >= 0.6 is 0 Å². The predicted molar refractivity (Wildman–Crippen MR) is 89.4 cm³/mol. The Morgan fingerprint density at radius 2 is 1.84 bits per heavy atom. The fourth-order valence-electron chi connectivity index (χ4n) is 3.17. The molecule has 0 aliphatic carbocycles. The standard InChI is InChI=1S/C19H14FNO4/c1-23-14-6-11-5-12-9-25-19(22)18(12)17(13(11)7-15(14)24-2)10-3-4-16(20)21-8-10/h3-8H,9H2,1-2H3. The average molecular weight is 339 g/mol. The number of methoxy groups -OCH3 is 2. The van der Waals surface area contributed by atoms with Gasteiger partial charge < -0.3 is 14.2 Å². The van der Waals surface area contributed by atoms with Gasteiger partial charge in [0, 0.05) is 22.9 Å². The Balaban J connectivity index is 2.11. The van der Waals surface area contributed by atoms with E-state index in [1.54, 1.807) is 26.4 Å². The molecule has 0 radical (unpaired) electrons. The number of aromatic nitrogens is 1. The molecular weight excluding hydrogens is 325 g/mol. The molecule has 6 heteroatoms. The molecule has 1 aliphatic heterocycles. The molecule has 1 aliphatic rings. The molecule has 0 bridgehead atoms. The van der Waals surface area contributed by atoms with Crippen LogP contribution in [-0.2, 0) is 11.3 Å². The van der Waals surface area contributed by atoms with Crippen LogP contribution in [0.5, 0.6) is 11.5 Å². The number of nitrogens with zero attached hydrogens (tertiary/aromatic N) is 1. The Labute approximate surface area is 143 Å². The monoisotopic (exact) mass is 339 g/mol. The van der Waals surface area contributed by atoms with Crippen molar-refractivity contribution in [1.29, 1.82) is 0 Å². The van der Waals surface area contributed by atoms with E-state index in [1.807, 2.05) is 12.1 Å². The van der Waals surface area contributed by atoms with E-state index in [1.165, 1.54) is 12.3 Å². The van der Waals surface area contributed by atoms with Crippen LogP contribution in [0.1, 0.15) is 15.9 Å². The summed E-state index contributed by atoms with van der Waals surface area (Å²) in [4.78, 5) is 16.0. The van der Waals surface area contributed by atoms with Crippen LogP contribution in [0.25, 0.3) is 21.9 Å². The van der Waals surface area contributed by atoms with E-state index in [0.717, 1.165) is 16.3 Å². The molecule has 5 nitrogen and oxygen atoms in total. The molecule has 0 saturated carbocycles. The molecule has 0 unspecified atom stereocenters. The van der Waals surface area contributed by atoms with E-state index in [4.69, 9.17) is 14.2 Å². The van der Waals surface area contributed by atoms with E-state index < -0.39 is 11.9 Å². The molecule has 2 aromatic carbocycles. The highest BCUT2D eigenvalue weighted by atomic mass is 19.1. The molecule has 0 saturated heterocycles. The summed E-state index contributed by atoms with van der Waals surface area (Å²) in [5.74, 6) is 0.148. The maximum Gasteiger partial charge on any atom is 0.339 e. The van der Waals surface area contributed by atoms with Crippen molar-refractivity contribution in [3.63, 3.8) is 0 Å². The van der Waals surface area contributed by atoms with Crippen LogP contribution < -0.4 is 9.47 Å². The molecule has 0 fully saturated rings. The molecule has 25 heavy (non-hydrogen) atoms. The second kappa shape index (κ2) is 5.73. The topological polar surface area (TPSA) is 57.7 Å². The normalized spacial score (nSPS) is 12.8. The molecule has 0 amide bonds. The number of hydrogen-bond acceptors (Lipinski definition) is 5. The van der Waals surface area contributed by atoms with Crippen molar-refractivity contribution in [2.24, 2.45) is 0 Å². The number of benzene rings is 2. The van der Waals surface area contributed by atoms with E-state index in [9.17, 15) is 9.18 Å². The number of carbonyl (C=O) groups is 1. The van der Waals surface area contributed by atoms with Crippen LogP contribution in [0.2, 0.25) is 0 Å². The lowest BCUT2D eigenvalue weighted by Crippen LogP contribution is -2.00. The Morgan fingerprint density at radius 3 is 2.52 bits per heavy atom. The third-order valence-electron chi connectivity index (χ3n) is 4.30. The summed E-state index contributed by atoms with van der Waals surface area (Å²) in [7, 11) is 3.11. The van der Waals surface area contributed by atoms with Crippen LogP contribution in [0, 0.1) is 5.95 Å². The maximum absolute atomic E-state index is 13.2. The van der Waals surface area contributed by atoms with Crippen molar-refractivity contribution in [3.05, 3.63) is 53.6 Å². The zero-order chi connectivity index (χ0) is 17.6. The van der Waals surface area contributed by atoms with Crippen molar-refractivity contribution in [2.45, 2.75) is 6.61 Å². The third-order valence-corrected chi connectivity index (χ3v) is 4.30. The van der Waals surface area contributed by atoms with Gasteiger partial charge in [0.25, 0.3) is 0 Å². The van der Waals surface area contributed by atoms with Gasteiger partial charge in [0.1, 0.15) is 6.61 Å². The van der Waals surface area contributed by atoms with Crippen LogP contribution in [0.15, 0.2) is 36.5 Å². The van der Waals surface area contributed by atoms with Gasteiger partial charge in [-0.15, -0.1) is 0 Å². The highest BCUT2D eigenvalue weighted by molar-refractivity contribution is 6.11. The molecule has 3 aromatic rings. The highest BCUT2D eigenvalue weighted by Crippen LogP contribution is 2.42. The molecule has 0 atom stereocenters. The van der Waals surface area contributed by atoms with Gasteiger partial charge in [-0.05, 0) is 41.1 Å². The Hall–Kier alpha value is -3.15. The van der Waals surface area contributed by atoms with Gasteiger partial charge in [-0.2, -0.15) is 4.39 Å². The minimum absolute atomic E-state index is 0.208. The van der Waals surface area contributed by atoms with Gasteiger partial charge in [-0.3, -0.25) is 0 Å². The molecule has 126 valence electrons. The van der Waals surface area contributed by atoms with E-state index >= 15 is 0 Å². The fourth-order valence-corrected chi connectivity index (χ4v) is 3.17. The summed E-state index contributed by atoms with van der Waals surface area (Å²) in [6.45, 7) is 0.208. The Morgan fingerprint density at radius 1 is 1.08 bits per heavy atom. The van der Waals surface area contributed by atoms with Gasteiger partial charge in [-0.1, -0.05) is 0 Å². The van der Waals surface area contributed by atoms with E-state index in [2.05, 4.69) is 4.98 Å². The second-order valence-electron chi connectivity index (χ2n) is 5.66. The Bertz CT molecular complexity index is 999. The zero-order valence-corrected chi connectivity index (χ0v) is 13.6. The summed E-state index contributed by atoms with van der Waals surface area (Å²) >= 11 is 0. The first-order valence-electron chi connectivity index (χ1n) is 7.63. The number of pyridine rings is 1. The number of hydrogen-bond donors (Lipinski definition) is 0. The van der Waals surface area contributed by atoms with Crippen molar-refractivity contribution in [3.8, 4) is 22.6 Å². The molecule has 2 heterocycles. The summed E-state index contributed by atoms with van der Waals surface area (Å²) in [5.41, 5.74) is 2.55. The first-order valence-corrected chi connectivity index (χ1v) is 7.63. The number of ether oxygens (including phenoxy) is 3. The van der Waals surface area contributed by atoms with Crippen molar-refractivity contribution in [1.82, 2.24) is 4.98 Å². The number of halogens is 1. The molecular formula is C19H14FNO4. The van der Waals surface area contributed by atoms with Crippen LogP contribution in [0.4, 0.5) is 4.39 Å². The summed E-state index contributed by atoms with van der Waals surface area (Å²) in [6, 6.07) is 8.41. The first-order chi connectivity index (χ1) is 12.1. The zero-order valence-electron chi connectivity index (χ0n) is 13.6. The van der Waals surface area contributed by atoms with Gasteiger partial charge in [-0.25, -0.2) is 9.78 Å². The lowest BCUT2D eigenvalue weighted by Gasteiger charge is -2.14. The van der Waals surface area contributed by atoms with Gasteiger partial charge in [0.2, 0.25) is 5.95 Å². The molecule has 0 spiro atoms. The first kappa shape index (κ1) is 15.4. The summed E-state index contributed by atoms with van der Waals surface area (Å²) in [6.07, 6.45) is 1.41. The highest BCUT2D eigenvalue weighted by Gasteiger charge is 2.28. The number of esters is 1. The van der Waals surface area contributed by atoms with Crippen molar-refractivity contribution in [2.75, 3.05) is 14.2 Å². The number of rotatable bonds is 3. The Kier molecular flexibility index (Phi) is 3.53. The molecule has 4 rings (SSSR count). The number of fused-ring (bicyclic) bond motifs is 2. The maximum atomic E-state index is 13.2. The quantitative estimate of drug-likeness (QED) is 0.537. The van der Waals surface area contributed by atoms with E-state index in [0.29, 0.717) is 28.2 Å². The predicted octanol–water partition coefficient (Wildman–Crippen LogP) is 3.73. The SMILES string of the molecule is COc1cc2cc3c(c(-c4ccc(F)nc4)c2cc1OC)C(=O)OC3. The summed E-state index contributed by atoms with van der Waals surface area (Å²) in [5, 5.41) is 1.65. The van der Waals surface area contributed by atoms with E-state index in [-0.39, 0.29) is 6.61 Å². The molecule has 0 N–H and O–H groups in total. The largest absolute Gasteiger partial charge is 0.493 e. The van der Waals surface area contributed by atoms with Gasteiger partial charge >= 0.3 is 5.97 Å². The number of cyclic esters (lactones) is 1. The third kappa shape index (κ3) is 2.38. The lowest BCUT2D eigenvalue weighted by molar-refractivity contribution is 0.0535. The second-order valence-corrected chi connectivity index (χ2v) is 5.66.